The molecule has 1 aromatic carbocycles. The molecule has 0 unspecified atom stereocenters. The second-order valence-corrected chi connectivity index (χ2v) is 5.95. The quantitative estimate of drug-likeness (QED) is 0.872. The Morgan fingerprint density at radius 1 is 1.33 bits per heavy atom. The second kappa shape index (κ2) is 6.89. The minimum Gasteiger partial charge on any atom is -0.481 e. The number of hydrogen-bond acceptors (Lipinski definition) is 2. The number of hydrogen-bond donors (Lipinski definition) is 2. The summed E-state index contributed by atoms with van der Waals surface area (Å²) in [4.78, 5) is 24.4. The molecule has 21 heavy (non-hydrogen) atoms. The molecule has 114 valence electrons. The highest BCUT2D eigenvalue weighted by molar-refractivity contribution is 9.10. The van der Waals surface area contributed by atoms with Crippen molar-refractivity contribution in [2.75, 3.05) is 13.1 Å². The summed E-state index contributed by atoms with van der Waals surface area (Å²) >= 11 is 3.20. The predicted molar refractivity (Wildman–Crippen MR) is 78.3 cm³/mol. The first-order valence-corrected chi connectivity index (χ1v) is 7.45. The molecule has 0 aliphatic carbocycles. The number of halogens is 2. The number of carboxylic acid groups (broad SMARTS) is 1. The van der Waals surface area contributed by atoms with Gasteiger partial charge < -0.3 is 15.3 Å². The molecule has 0 radical (unpaired) electrons. The molecule has 1 aliphatic rings. The van der Waals surface area contributed by atoms with Crippen LogP contribution < -0.4 is 5.32 Å². The van der Waals surface area contributed by atoms with Crippen LogP contribution in [0.3, 0.4) is 0 Å². The molecular formula is C14H16BrFN2O3. The van der Waals surface area contributed by atoms with Crippen molar-refractivity contribution < 1.29 is 19.1 Å². The number of nitrogens with one attached hydrogen (secondary N) is 1. The molecule has 0 atom stereocenters. The van der Waals surface area contributed by atoms with Crippen LogP contribution in [0.5, 0.6) is 0 Å². The minimum atomic E-state index is -0.806. The zero-order valence-corrected chi connectivity index (χ0v) is 12.9. The van der Waals surface area contributed by atoms with Gasteiger partial charge in [-0.05, 0) is 36.6 Å². The number of urea groups is 1. The van der Waals surface area contributed by atoms with Crippen molar-refractivity contribution >= 4 is 27.9 Å². The lowest BCUT2D eigenvalue weighted by atomic mass is 9.97. The topological polar surface area (TPSA) is 69.6 Å². The van der Waals surface area contributed by atoms with E-state index in [1.165, 1.54) is 12.1 Å². The fourth-order valence-corrected chi connectivity index (χ4v) is 2.84. The summed E-state index contributed by atoms with van der Waals surface area (Å²) in [7, 11) is 0. The van der Waals surface area contributed by atoms with E-state index in [1.807, 2.05) is 0 Å². The van der Waals surface area contributed by atoms with Gasteiger partial charge in [0, 0.05) is 24.1 Å². The van der Waals surface area contributed by atoms with Crippen molar-refractivity contribution in [3.05, 3.63) is 34.1 Å². The first kappa shape index (κ1) is 15.8. The first-order chi connectivity index (χ1) is 9.95. The fraction of sp³-hybridized carbons (Fsp3) is 0.429. The highest BCUT2D eigenvalue weighted by atomic mass is 79.9. The fourth-order valence-electron chi connectivity index (χ4n) is 2.33. The number of benzene rings is 1. The summed E-state index contributed by atoms with van der Waals surface area (Å²) in [5.74, 6) is -1.54. The molecule has 1 aliphatic heterocycles. The van der Waals surface area contributed by atoms with Crippen LogP contribution in [0.15, 0.2) is 22.7 Å². The largest absolute Gasteiger partial charge is 0.481 e. The van der Waals surface area contributed by atoms with Gasteiger partial charge in [-0.15, -0.1) is 0 Å². The van der Waals surface area contributed by atoms with E-state index < -0.39 is 5.97 Å². The number of carbonyl (C=O) groups excluding carboxylic acids is 1. The number of carbonyl (C=O) groups is 2. The Hall–Kier alpha value is -1.63. The summed E-state index contributed by atoms with van der Waals surface area (Å²) < 4.78 is 13.8. The minimum absolute atomic E-state index is 0.230. The smallest absolute Gasteiger partial charge is 0.317 e. The van der Waals surface area contributed by atoms with Crippen molar-refractivity contribution in [1.82, 2.24) is 10.2 Å². The van der Waals surface area contributed by atoms with Crippen molar-refractivity contribution in [2.45, 2.75) is 19.4 Å². The summed E-state index contributed by atoms with van der Waals surface area (Å²) in [6.45, 7) is 1.08. The lowest BCUT2D eigenvalue weighted by Gasteiger charge is -2.30. The van der Waals surface area contributed by atoms with Gasteiger partial charge in [-0.3, -0.25) is 4.79 Å². The van der Waals surface area contributed by atoms with Gasteiger partial charge in [0.2, 0.25) is 0 Å². The van der Waals surface area contributed by atoms with E-state index in [0.717, 1.165) is 0 Å². The van der Waals surface area contributed by atoms with Crippen LogP contribution in [-0.4, -0.2) is 35.1 Å². The Kier molecular flexibility index (Phi) is 5.17. The van der Waals surface area contributed by atoms with Crippen molar-refractivity contribution in [3.63, 3.8) is 0 Å². The number of nitrogens with zero attached hydrogens (tertiary/aromatic N) is 1. The number of aliphatic carboxylic acids is 1. The van der Waals surface area contributed by atoms with Gasteiger partial charge >= 0.3 is 12.0 Å². The van der Waals surface area contributed by atoms with Crippen LogP contribution in [0.1, 0.15) is 18.4 Å². The Morgan fingerprint density at radius 2 is 2.00 bits per heavy atom. The molecule has 0 spiro atoms. The highest BCUT2D eigenvalue weighted by Gasteiger charge is 2.26. The Labute approximate surface area is 130 Å². The number of rotatable bonds is 3. The summed E-state index contributed by atoms with van der Waals surface area (Å²) in [6, 6.07) is 4.20. The molecule has 1 saturated heterocycles. The number of likely N-dealkylation sites (tertiary alicyclic amines) is 1. The zero-order chi connectivity index (χ0) is 15.4. The normalized spacial score (nSPS) is 15.8. The molecule has 2 N–H and O–H groups in total. The van der Waals surface area contributed by atoms with Crippen LogP contribution >= 0.6 is 15.9 Å². The van der Waals surface area contributed by atoms with Gasteiger partial charge in [0.05, 0.1) is 5.92 Å². The summed E-state index contributed by atoms with van der Waals surface area (Å²) in [5.41, 5.74) is 0.663. The lowest BCUT2D eigenvalue weighted by Crippen LogP contribution is -2.45. The predicted octanol–water partition coefficient (Wildman–Crippen LogP) is 2.59. The molecule has 0 aromatic heterocycles. The third-order valence-electron chi connectivity index (χ3n) is 3.50. The monoisotopic (exact) mass is 358 g/mol. The van der Waals surface area contributed by atoms with E-state index >= 15 is 0 Å². The van der Waals surface area contributed by atoms with E-state index in [9.17, 15) is 14.0 Å². The van der Waals surface area contributed by atoms with Crippen LogP contribution in [-0.2, 0) is 11.3 Å². The van der Waals surface area contributed by atoms with Gasteiger partial charge in [-0.2, -0.15) is 0 Å². The Morgan fingerprint density at radius 3 is 2.57 bits per heavy atom. The van der Waals surface area contributed by atoms with Crippen molar-refractivity contribution in [3.8, 4) is 0 Å². The molecule has 1 aromatic rings. The number of carboxylic acids is 1. The third-order valence-corrected chi connectivity index (χ3v) is 3.96. The van der Waals surface area contributed by atoms with Crippen molar-refractivity contribution in [2.24, 2.45) is 5.92 Å². The van der Waals surface area contributed by atoms with E-state index in [2.05, 4.69) is 21.2 Å². The molecule has 1 heterocycles. The van der Waals surface area contributed by atoms with Crippen LogP contribution in [0, 0.1) is 11.7 Å². The molecule has 2 rings (SSSR count). The third kappa shape index (κ3) is 4.42. The van der Waals surface area contributed by atoms with Gasteiger partial charge in [-0.25, -0.2) is 9.18 Å². The molecule has 0 bridgehead atoms. The van der Waals surface area contributed by atoms with Crippen LogP contribution in [0.4, 0.5) is 9.18 Å². The van der Waals surface area contributed by atoms with E-state index in [-0.39, 0.29) is 24.3 Å². The molecule has 0 saturated carbocycles. The highest BCUT2D eigenvalue weighted by Crippen LogP contribution is 2.18. The van der Waals surface area contributed by atoms with E-state index in [4.69, 9.17) is 5.11 Å². The lowest BCUT2D eigenvalue weighted by molar-refractivity contribution is -0.143. The maximum atomic E-state index is 13.2. The van der Waals surface area contributed by atoms with Crippen LogP contribution in [0.2, 0.25) is 0 Å². The van der Waals surface area contributed by atoms with Gasteiger partial charge in [-0.1, -0.05) is 15.9 Å². The second-order valence-electron chi connectivity index (χ2n) is 5.04. The van der Waals surface area contributed by atoms with Gasteiger partial charge in [0.1, 0.15) is 5.82 Å². The Bertz CT molecular complexity index is 525. The van der Waals surface area contributed by atoms with Gasteiger partial charge in [0.15, 0.2) is 0 Å². The van der Waals surface area contributed by atoms with E-state index in [0.29, 0.717) is 36.0 Å². The van der Waals surface area contributed by atoms with Crippen molar-refractivity contribution in [1.29, 1.82) is 0 Å². The molecule has 5 nitrogen and oxygen atoms in total. The summed E-state index contributed by atoms with van der Waals surface area (Å²) in [6.07, 6.45) is 0.933. The molecule has 7 heteroatoms. The SMILES string of the molecule is O=C(O)C1CCN(C(=O)NCc2cc(F)cc(Br)c2)CC1. The molecular weight excluding hydrogens is 343 g/mol. The zero-order valence-electron chi connectivity index (χ0n) is 11.3. The molecule has 1 fully saturated rings. The van der Waals surface area contributed by atoms with Crippen LogP contribution in [0.25, 0.3) is 0 Å². The number of piperidine rings is 1. The van der Waals surface area contributed by atoms with E-state index in [1.54, 1.807) is 11.0 Å². The number of amides is 2. The maximum absolute atomic E-state index is 13.2. The summed E-state index contributed by atoms with van der Waals surface area (Å²) in [5, 5.41) is 11.6. The van der Waals surface area contributed by atoms with Gasteiger partial charge in [0.25, 0.3) is 0 Å². The average Bonchev–Trinajstić information content (AvgIpc) is 2.44. The Balaban J connectivity index is 1.84. The first-order valence-electron chi connectivity index (χ1n) is 6.66. The maximum Gasteiger partial charge on any atom is 0.317 e. The standard InChI is InChI=1S/C14H16BrFN2O3/c15-11-5-9(6-12(16)7-11)8-17-14(21)18-3-1-10(2-4-18)13(19)20/h5-7,10H,1-4,8H2,(H,17,21)(H,19,20). The molecule has 2 amide bonds. The average molecular weight is 359 g/mol.